The third kappa shape index (κ3) is 2.92. The van der Waals surface area contributed by atoms with E-state index in [1.165, 1.54) is 16.2 Å². The van der Waals surface area contributed by atoms with E-state index < -0.39 is 0 Å². The predicted molar refractivity (Wildman–Crippen MR) is 56.6 cm³/mol. The Hall–Kier alpha value is 0.130. The van der Waals surface area contributed by atoms with Gasteiger partial charge < -0.3 is 0 Å². The van der Waals surface area contributed by atoms with E-state index in [1.54, 1.807) is 0 Å². The summed E-state index contributed by atoms with van der Waals surface area (Å²) in [6, 6.07) is 8.45. The van der Waals surface area contributed by atoms with Crippen LogP contribution >= 0.6 is 23.9 Å². The van der Waals surface area contributed by atoms with Crippen LogP contribution in [0, 0.1) is 0 Å². The Labute approximate surface area is 77.9 Å². The van der Waals surface area contributed by atoms with Gasteiger partial charge in [-0.15, -0.1) is 7.92 Å². The molecule has 0 radical (unpaired) electrons. The first-order chi connectivity index (χ1) is 5.20. The van der Waals surface area contributed by atoms with E-state index in [4.69, 9.17) is 0 Å². The predicted octanol–water partition coefficient (Wildman–Crippen LogP) is 3.69. The maximum absolute atomic E-state index is 3.54. The number of hydrogen-bond acceptors (Lipinski definition) is 0. The van der Waals surface area contributed by atoms with E-state index >= 15 is 0 Å². The summed E-state index contributed by atoms with van der Waals surface area (Å²) in [5.41, 5.74) is 1.43. The van der Waals surface area contributed by atoms with Crippen molar-refractivity contribution in [3.05, 3.63) is 34.3 Å². The van der Waals surface area contributed by atoms with Crippen LogP contribution in [0.2, 0.25) is 0 Å². The Bertz CT molecular complexity index is 233. The van der Waals surface area contributed by atoms with E-state index in [0.717, 1.165) is 0 Å². The highest BCUT2D eigenvalue weighted by Gasteiger charge is 1.99. The topological polar surface area (TPSA) is 0 Å². The summed E-state index contributed by atoms with van der Waals surface area (Å²) < 4.78 is 1.25. The molecule has 11 heavy (non-hydrogen) atoms. The van der Waals surface area contributed by atoms with Crippen LogP contribution < -0.4 is 0 Å². The van der Waals surface area contributed by atoms with E-state index in [1.807, 2.05) is 0 Å². The van der Waals surface area contributed by atoms with Gasteiger partial charge in [-0.1, -0.05) is 34.1 Å². The van der Waals surface area contributed by atoms with Crippen molar-refractivity contribution in [1.82, 2.24) is 0 Å². The van der Waals surface area contributed by atoms with Gasteiger partial charge in [-0.25, -0.2) is 0 Å². The number of hydrogen-bond donors (Lipinski definition) is 0. The summed E-state index contributed by atoms with van der Waals surface area (Å²) in [5.74, 6) is 0. The fraction of sp³-hybridized carbons (Fsp3) is 0.333. The fourth-order valence-electron chi connectivity index (χ4n) is 0.967. The van der Waals surface area contributed by atoms with E-state index in [0.29, 0.717) is 0 Å². The molecule has 0 aromatic heterocycles. The fourth-order valence-corrected chi connectivity index (χ4v) is 2.57. The molecule has 0 heterocycles. The molecule has 0 atom stereocenters. The van der Waals surface area contributed by atoms with Crippen molar-refractivity contribution in [2.75, 3.05) is 13.3 Å². The minimum absolute atomic E-state index is 0.177. The van der Waals surface area contributed by atoms with Crippen molar-refractivity contribution in [2.45, 2.75) is 6.16 Å². The van der Waals surface area contributed by atoms with Crippen molar-refractivity contribution in [2.24, 2.45) is 0 Å². The molecular formula is C9H12BrP. The largest absolute Gasteiger partial charge is 0.109 e. The van der Waals surface area contributed by atoms with Crippen molar-refractivity contribution in [1.29, 1.82) is 0 Å². The van der Waals surface area contributed by atoms with Gasteiger partial charge in [-0.3, -0.25) is 0 Å². The highest BCUT2D eigenvalue weighted by atomic mass is 79.9. The zero-order valence-corrected chi connectivity index (χ0v) is 9.32. The second-order valence-corrected chi connectivity index (χ2v) is 6.16. The molecule has 0 aliphatic carbocycles. The lowest BCUT2D eigenvalue weighted by Gasteiger charge is -2.06. The molecule has 0 bridgehead atoms. The van der Waals surface area contributed by atoms with Crippen LogP contribution in [0.4, 0.5) is 0 Å². The Kier molecular flexibility index (Phi) is 3.54. The maximum atomic E-state index is 3.54. The number of rotatable bonds is 2. The lowest BCUT2D eigenvalue weighted by molar-refractivity contribution is 1.36. The molecule has 0 spiro atoms. The molecule has 0 aliphatic rings. The van der Waals surface area contributed by atoms with Gasteiger partial charge in [0.25, 0.3) is 0 Å². The van der Waals surface area contributed by atoms with Crippen molar-refractivity contribution >= 4 is 23.9 Å². The summed E-state index contributed by atoms with van der Waals surface area (Å²) in [5, 5.41) is 0. The maximum Gasteiger partial charge on any atom is 0.0210 e. The molecule has 0 saturated carbocycles. The molecule has 0 amide bonds. The third-order valence-corrected chi connectivity index (χ3v) is 3.19. The van der Waals surface area contributed by atoms with Gasteiger partial charge in [0, 0.05) is 4.47 Å². The van der Waals surface area contributed by atoms with Gasteiger partial charge in [-0.05, 0) is 31.1 Å². The highest BCUT2D eigenvalue weighted by molar-refractivity contribution is 9.10. The van der Waals surface area contributed by atoms with Crippen LogP contribution in [0.25, 0.3) is 0 Å². The summed E-state index contributed by atoms with van der Waals surface area (Å²) in [4.78, 5) is 0. The van der Waals surface area contributed by atoms with E-state index in [2.05, 4.69) is 53.5 Å². The summed E-state index contributed by atoms with van der Waals surface area (Å²) in [6.45, 7) is 4.60. The van der Waals surface area contributed by atoms with Crippen LogP contribution in [0.15, 0.2) is 28.7 Å². The van der Waals surface area contributed by atoms with E-state index in [9.17, 15) is 0 Å². The average Bonchev–Trinajstić information content (AvgIpc) is 1.93. The lowest BCUT2D eigenvalue weighted by Crippen LogP contribution is -1.82. The van der Waals surface area contributed by atoms with Gasteiger partial charge in [0.2, 0.25) is 0 Å². The van der Waals surface area contributed by atoms with Gasteiger partial charge in [0.05, 0.1) is 0 Å². The Morgan fingerprint density at radius 2 is 1.91 bits per heavy atom. The zero-order chi connectivity index (χ0) is 8.27. The molecule has 0 unspecified atom stereocenters. The van der Waals surface area contributed by atoms with Crippen LogP contribution in [-0.4, -0.2) is 13.3 Å². The van der Waals surface area contributed by atoms with Gasteiger partial charge >= 0.3 is 0 Å². The smallest absolute Gasteiger partial charge is 0.0210 e. The van der Waals surface area contributed by atoms with Crippen LogP contribution in [-0.2, 0) is 6.16 Å². The Morgan fingerprint density at radius 1 is 1.27 bits per heavy atom. The van der Waals surface area contributed by atoms with Crippen molar-refractivity contribution in [3.8, 4) is 0 Å². The van der Waals surface area contributed by atoms with Crippen LogP contribution in [0.5, 0.6) is 0 Å². The molecule has 0 saturated heterocycles. The molecule has 1 aromatic carbocycles. The quantitative estimate of drug-likeness (QED) is 0.681. The molecule has 0 N–H and O–H groups in total. The molecule has 2 heteroatoms. The summed E-state index contributed by atoms with van der Waals surface area (Å²) >= 11 is 3.54. The van der Waals surface area contributed by atoms with Crippen LogP contribution in [0.1, 0.15) is 5.56 Å². The van der Waals surface area contributed by atoms with E-state index in [-0.39, 0.29) is 7.92 Å². The molecular weight excluding hydrogens is 219 g/mol. The monoisotopic (exact) mass is 230 g/mol. The summed E-state index contributed by atoms with van der Waals surface area (Å²) in [7, 11) is 0.177. The third-order valence-electron chi connectivity index (χ3n) is 1.44. The first kappa shape index (κ1) is 9.22. The Balaban J connectivity index is 2.78. The number of halogens is 1. The molecule has 1 rings (SSSR count). The van der Waals surface area contributed by atoms with Crippen molar-refractivity contribution < 1.29 is 0 Å². The first-order valence-corrected chi connectivity index (χ1v) is 6.79. The molecule has 0 fully saturated rings. The highest BCUT2D eigenvalue weighted by Crippen LogP contribution is 2.33. The molecule has 0 nitrogen and oxygen atoms in total. The standard InChI is InChI=1S/C9H12BrP/c1-11(2)7-8-5-3-4-6-9(8)10/h3-6H,7H2,1-2H3. The Morgan fingerprint density at radius 3 is 2.45 bits per heavy atom. The van der Waals surface area contributed by atoms with Gasteiger partial charge in [0.15, 0.2) is 0 Å². The van der Waals surface area contributed by atoms with Crippen molar-refractivity contribution in [3.63, 3.8) is 0 Å². The van der Waals surface area contributed by atoms with Gasteiger partial charge in [-0.2, -0.15) is 0 Å². The SMILES string of the molecule is CP(C)Cc1ccccc1Br. The number of benzene rings is 1. The van der Waals surface area contributed by atoms with Gasteiger partial charge in [0.1, 0.15) is 0 Å². The molecule has 0 aliphatic heterocycles. The molecule has 1 aromatic rings. The molecule has 60 valence electrons. The minimum Gasteiger partial charge on any atom is -0.109 e. The summed E-state index contributed by atoms with van der Waals surface area (Å²) in [6.07, 6.45) is 1.22. The lowest BCUT2D eigenvalue weighted by atomic mass is 10.2. The average molecular weight is 231 g/mol. The van der Waals surface area contributed by atoms with Crippen LogP contribution in [0.3, 0.4) is 0 Å². The second kappa shape index (κ2) is 4.23. The first-order valence-electron chi connectivity index (χ1n) is 3.58. The zero-order valence-electron chi connectivity index (χ0n) is 6.84. The second-order valence-electron chi connectivity index (χ2n) is 2.83. The normalized spacial score (nSPS) is 10.5. The minimum atomic E-state index is 0.177.